The Bertz CT molecular complexity index is 686. The first-order valence-electron chi connectivity index (χ1n) is 8.61. The van der Waals surface area contributed by atoms with E-state index in [1.165, 1.54) is 6.92 Å². The highest BCUT2D eigenvalue weighted by atomic mass is 16.6. The zero-order valence-electron chi connectivity index (χ0n) is 15.3. The number of piperidine rings is 1. The van der Waals surface area contributed by atoms with Crippen LogP contribution in [0.25, 0.3) is 0 Å². The van der Waals surface area contributed by atoms with E-state index in [0.717, 1.165) is 7.11 Å². The van der Waals surface area contributed by atoms with Crippen LogP contribution in [-0.4, -0.2) is 55.2 Å². The molecule has 27 heavy (non-hydrogen) atoms. The number of imide groups is 1. The molecule has 146 valence electrons. The lowest BCUT2D eigenvalue weighted by Gasteiger charge is -2.31. The van der Waals surface area contributed by atoms with Gasteiger partial charge in [0.15, 0.2) is 6.10 Å². The highest BCUT2D eigenvalue weighted by molar-refractivity contribution is 5.95. The fraction of sp³-hybridized carbons (Fsp3) is 0.444. The van der Waals surface area contributed by atoms with Gasteiger partial charge in [-0.1, -0.05) is 18.2 Å². The molecular formula is C18H23N3O6. The van der Waals surface area contributed by atoms with Crippen molar-refractivity contribution >= 4 is 29.7 Å². The van der Waals surface area contributed by atoms with E-state index >= 15 is 0 Å². The van der Waals surface area contributed by atoms with Gasteiger partial charge >= 0.3 is 18.1 Å². The standard InChI is InChI=1S/C18H23N3O6/c1-12(15(22)20-18(25)26-2)27-16(23)13-8-10-21(11-9-13)17(24)19-14-6-4-3-5-7-14/h3-7,12-13H,8-11H2,1-2H3,(H,19,24)(H,20,22,25)/t12-/m1/s1. The lowest BCUT2D eigenvalue weighted by molar-refractivity contribution is -0.159. The van der Waals surface area contributed by atoms with Crippen LogP contribution in [0.4, 0.5) is 15.3 Å². The Labute approximate surface area is 157 Å². The van der Waals surface area contributed by atoms with Crippen LogP contribution in [0.5, 0.6) is 0 Å². The second-order valence-electron chi connectivity index (χ2n) is 6.12. The SMILES string of the molecule is COC(=O)NC(=O)[C@@H](C)OC(=O)C1CCN(C(=O)Nc2ccccc2)CC1. The second kappa shape index (κ2) is 9.56. The summed E-state index contributed by atoms with van der Waals surface area (Å²) in [6, 6.07) is 8.88. The summed E-state index contributed by atoms with van der Waals surface area (Å²) in [5, 5.41) is 4.74. The monoisotopic (exact) mass is 377 g/mol. The summed E-state index contributed by atoms with van der Waals surface area (Å²) in [6.07, 6.45) is -1.16. The number of amides is 4. The van der Waals surface area contributed by atoms with Crippen LogP contribution in [0.15, 0.2) is 30.3 Å². The molecule has 2 N–H and O–H groups in total. The number of carbonyl (C=O) groups is 4. The third kappa shape index (κ3) is 5.98. The molecular weight excluding hydrogens is 354 g/mol. The molecule has 1 aliphatic heterocycles. The normalized spacial score (nSPS) is 15.4. The van der Waals surface area contributed by atoms with Crippen LogP contribution >= 0.6 is 0 Å². The molecule has 4 amide bonds. The molecule has 9 heteroatoms. The van der Waals surface area contributed by atoms with Gasteiger partial charge in [-0.2, -0.15) is 0 Å². The summed E-state index contributed by atoms with van der Waals surface area (Å²) in [5.74, 6) is -1.68. The van der Waals surface area contributed by atoms with E-state index in [9.17, 15) is 19.2 Å². The number of hydrogen-bond donors (Lipinski definition) is 2. The zero-order chi connectivity index (χ0) is 19.8. The van der Waals surface area contributed by atoms with Gasteiger partial charge in [-0.05, 0) is 31.9 Å². The summed E-state index contributed by atoms with van der Waals surface area (Å²) < 4.78 is 9.42. The first-order valence-corrected chi connectivity index (χ1v) is 8.61. The van der Waals surface area contributed by atoms with E-state index in [1.807, 2.05) is 23.5 Å². The molecule has 1 atom stereocenters. The Morgan fingerprint density at radius 1 is 1.11 bits per heavy atom. The predicted molar refractivity (Wildman–Crippen MR) is 95.9 cm³/mol. The van der Waals surface area contributed by atoms with E-state index in [2.05, 4.69) is 10.1 Å². The number of methoxy groups -OCH3 is 1. The van der Waals surface area contributed by atoms with Crippen molar-refractivity contribution in [2.75, 3.05) is 25.5 Å². The number of alkyl carbamates (subject to hydrolysis) is 1. The summed E-state index contributed by atoms with van der Waals surface area (Å²) in [7, 11) is 1.13. The van der Waals surface area contributed by atoms with E-state index in [4.69, 9.17) is 4.74 Å². The van der Waals surface area contributed by atoms with Crippen LogP contribution in [0, 0.1) is 5.92 Å². The maximum absolute atomic E-state index is 12.2. The van der Waals surface area contributed by atoms with Gasteiger partial charge in [-0.3, -0.25) is 14.9 Å². The van der Waals surface area contributed by atoms with Crippen molar-refractivity contribution in [3.05, 3.63) is 30.3 Å². The number of ether oxygens (including phenoxy) is 2. The molecule has 1 aliphatic rings. The minimum atomic E-state index is -1.11. The second-order valence-corrected chi connectivity index (χ2v) is 6.12. The predicted octanol–water partition coefficient (Wildman–Crippen LogP) is 1.74. The third-order valence-electron chi connectivity index (χ3n) is 4.21. The molecule has 0 bridgehead atoms. The summed E-state index contributed by atoms with van der Waals surface area (Å²) >= 11 is 0. The number of rotatable bonds is 4. The highest BCUT2D eigenvalue weighted by Gasteiger charge is 2.30. The number of benzene rings is 1. The van der Waals surface area contributed by atoms with Crippen LogP contribution < -0.4 is 10.6 Å². The number of nitrogens with zero attached hydrogens (tertiary/aromatic N) is 1. The van der Waals surface area contributed by atoms with E-state index in [1.54, 1.807) is 17.0 Å². The number of urea groups is 1. The Kier molecular flexibility index (Phi) is 7.16. The number of likely N-dealkylation sites (tertiary alicyclic amines) is 1. The molecule has 0 aliphatic carbocycles. The van der Waals surface area contributed by atoms with Gasteiger partial charge in [0.2, 0.25) is 0 Å². The van der Waals surface area contributed by atoms with E-state index in [-0.39, 0.29) is 6.03 Å². The fourth-order valence-electron chi connectivity index (χ4n) is 2.62. The summed E-state index contributed by atoms with van der Waals surface area (Å²) in [6.45, 7) is 2.18. The number of hydrogen-bond acceptors (Lipinski definition) is 6. The third-order valence-corrected chi connectivity index (χ3v) is 4.21. The molecule has 0 saturated carbocycles. The quantitative estimate of drug-likeness (QED) is 0.773. The topological polar surface area (TPSA) is 114 Å². The Morgan fingerprint density at radius 3 is 2.33 bits per heavy atom. The van der Waals surface area contributed by atoms with Gasteiger partial charge in [0.05, 0.1) is 13.0 Å². The summed E-state index contributed by atoms with van der Waals surface area (Å²) in [5.41, 5.74) is 0.703. The highest BCUT2D eigenvalue weighted by Crippen LogP contribution is 2.20. The van der Waals surface area contributed by atoms with E-state index < -0.39 is 30.0 Å². The zero-order valence-corrected chi connectivity index (χ0v) is 15.3. The Hall–Kier alpha value is -3.10. The largest absolute Gasteiger partial charge is 0.453 e. The maximum atomic E-state index is 12.2. The van der Waals surface area contributed by atoms with Gasteiger partial charge in [-0.15, -0.1) is 0 Å². The van der Waals surface area contributed by atoms with Crippen LogP contribution in [0.3, 0.4) is 0 Å². The molecule has 1 saturated heterocycles. The molecule has 0 aromatic heterocycles. The molecule has 1 aromatic carbocycles. The number of carbonyl (C=O) groups excluding carboxylic acids is 4. The lowest BCUT2D eigenvalue weighted by atomic mass is 9.97. The van der Waals surface area contributed by atoms with Crippen LogP contribution in [0.1, 0.15) is 19.8 Å². The minimum Gasteiger partial charge on any atom is -0.453 e. The molecule has 0 spiro atoms. The summed E-state index contributed by atoms with van der Waals surface area (Å²) in [4.78, 5) is 48.8. The molecule has 0 unspecified atom stereocenters. The van der Waals surface area contributed by atoms with Gasteiger partial charge in [-0.25, -0.2) is 9.59 Å². The first kappa shape index (κ1) is 20.2. The van der Waals surface area contributed by atoms with Crippen LogP contribution in [0.2, 0.25) is 0 Å². The number of nitrogens with one attached hydrogen (secondary N) is 2. The van der Waals surface area contributed by atoms with Gasteiger partial charge in [0, 0.05) is 18.8 Å². The smallest absolute Gasteiger partial charge is 0.413 e. The lowest BCUT2D eigenvalue weighted by Crippen LogP contribution is -2.44. The van der Waals surface area contributed by atoms with Gasteiger partial charge in [0.25, 0.3) is 5.91 Å². The first-order chi connectivity index (χ1) is 12.9. The molecule has 1 heterocycles. The van der Waals surface area contributed by atoms with Crippen molar-refractivity contribution in [2.45, 2.75) is 25.9 Å². The van der Waals surface area contributed by atoms with Crippen LogP contribution in [-0.2, 0) is 19.1 Å². The van der Waals surface area contributed by atoms with Crippen molar-refractivity contribution in [3.63, 3.8) is 0 Å². The van der Waals surface area contributed by atoms with Crippen molar-refractivity contribution in [1.82, 2.24) is 10.2 Å². The average Bonchev–Trinajstić information content (AvgIpc) is 2.68. The van der Waals surface area contributed by atoms with Crippen molar-refractivity contribution < 1.29 is 28.7 Å². The van der Waals surface area contributed by atoms with Crippen molar-refractivity contribution in [2.24, 2.45) is 5.92 Å². The Balaban J connectivity index is 1.77. The number of esters is 1. The van der Waals surface area contributed by atoms with Crippen molar-refractivity contribution in [3.8, 4) is 0 Å². The minimum absolute atomic E-state index is 0.223. The van der Waals surface area contributed by atoms with Crippen molar-refractivity contribution in [1.29, 1.82) is 0 Å². The number of para-hydroxylation sites is 1. The van der Waals surface area contributed by atoms with Gasteiger partial charge in [0.1, 0.15) is 0 Å². The molecule has 1 fully saturated rings. The molecule has 1 aromatic rings. The van der Waals surface area contributed by atoms with E-state index in [0.29, 0.717) is 31.6 Å². The molecule has 2 rings (SSSR count). The number of anilines is 1. The molecule has 0 radical (unpaired) electrons. The van der Waals surface area contributed by atoms with Gasteiger partial charge < -0.3 is 19.7 Å². The Morgan fingerprint density at radius 2 is 1.74 bits per heavy atom. The maximum Gasteiger partial charge on any atom is 0.413 e. The molecule has 9 nitrogen and oxygen atoms in total. The fourth-order valence-corrected chi connectivity index (χ4v) is 2.62. The average molecular weight is 377 g/mol.